The third-order valence-electron chi connectivity index (χ3n) is 4.01. The van der Waals surface area contributed by atoms with E-state index in [1.807, 2.05) is 25.1 Å². The van der Waals surface area contributed by atoms with Crippen molar-refractivity contribution in [1.82, 2.24) is 19.5 Å². The predicted octanol–water partition coefficient (Wildman–Crippen LogP) is 1.94. The predicted molar refractivity (Wildman–Crippen MR) is 84.1 cm³/mol. The maximum Gasteiger partial charge on any atom is 0.355 e. The molecule has 3 aromatic rings. The first-order valence-corrected chi connectivity index (χ1v) is 7.26. The molecule has 0 unspecified atom stereocenters. The summed E-state index contributed by atoms with van der Waals surface area (Å²) >= 11 is 0. The van der Waals surface area contributed by atoms with Crippen molar-refractivity contribution in [3.05, 3.63) is 52.3 Å². The molecule has 2 N–H and O–H groups in total. The van der Waals surface area contributed by atoms with Crippen LogP contribution in [-0.4, -0.2) is 19.5 Å². The SMILES string of the molecule is Cc1ncccc1-n1c(=O)nc(N)c2ccc(C3CC3)nc21. The highest BCUT2D eigenvalue weighted by Crippen LogP contribution is 2.39. The highest BCUT2D eigenvalue weighted by Gasteiger charge is 2.26. The summed E-state index contributed by atoms with van der Waals surface area (Å²) < 4.78 is 1.50. The van der Waals surface area contributed by atoms with Crippen LogP contribution in [0.3, 0.4) is 0 Å². The quantitative estimate of drug-likeness (QED) is 0.780. The standard InChI is InChI=1S/C16H15N5O/c1-9-13(3-2-8-18-9)21-15-11(14(17)20-16(21)22)6-7-12(19-15)10-4-5-10/h2-3,6-8,10H,4-5H2,1H3,(H2,17,20,22). The molecule has 1 aliphatic rings. The summed E-state index contributed by atoms with van der Waals surface area (Å²) in [6.07, 6.45) is 3.99. The number of anilines is 1. The van der Waals surface area contributed by atoms with Gasteiger partial charge in [-0.2, -0.15) is 4.98 Å². The number of hydrogen-bond acceptors (Lipinski definition) is 5. The summed E-state index contributed by atoms with van der Waals surface area (Å²) in [6.45, 7) is 1.86. The van der Waals surface area contributed by atoms with Crippen LogP contribution in [0.2, 0.25) is 0 Å². The fourth-order valence-corrected chi connectivity index (χ4v) is 2.67. The normalized spacial score (nSPS) is 14.4. The summed E-state index contributed by atoms with van der Waals surface area (Å²) in [5.74, 6) is 0.713. The number of aromatic nitrogens is 4. The van der Waals surface area contributed by atoms with Gasteiger partial charge < -0.3 is 5.73 Å². The number of nitrogens with zero attached hydrogens (tertiary/aromatic N) is 4. The van der Waals surface area contributed by atoms with Gasteiger partial charge in [0.05, 0.1) is 16.8 Å². The first kappa shape index (κ1) is 12.9. The third kappa shape index (κ3) is 1.95. The van der Waals surface area contributed by atoms with Crippen molar-refractivity contribution < 1.29 is 0 Å². The molecule has 22 heavy (non-hydrogen) atoms. The van der Waals surface area contributed by atoms with Crippen LogP contribution in [0, 0.1) is 6.92 Å². The summed E-state index contributed by atoms with van der Waals surface area (Å²) in [5.41, 5.74) is 8.47. The van der Waals surface area contributed by atoms with E-state index in [-0.39, 0.29) is 5.82 Å². The topological polar surface area (TPSA) is 86.7 Å². The van der Waals surface area contributed by atoms with E-state index in [0.29, 0.717) is 22.6 Å². The van der Waals surface area contributed by atoms with Crippen molar-refractivity contribution in [3.63, 3.8) is 0 Å². The third-order valence-corrected chi connectivity index (χ3v) is 4.01. The molecule has 0 spiro atoms. The molecular weight excluding hydrogens is 278 g/mol. The van der Waals surface area contributed by atoms with Gasteiger partial charge in [-0.05, 0) is 44.0 Å². The number of fused-ring (bicyclic) bond motifs is 1. The lowest BCUT2D eigenvalue weighted by atomic mass is 10.2. The van der Waals surface area contributed by atoms with E-state index in [0.717, 1.165) is 24.2 Å². The van der Waals surface area contributed by atoms with Crippen LogP contribution in [-0.2, 0) is 0 Å². The fraction of sp³-hybridized carbons (Fsp3) is 0.250. The van der Waals surface area contributed by atoms with Gasteiger partial charge in [-0.15, -0.1) is 0 Å². The minimum absolute atomic E-state index is 0.215. The van der Waals surface area contributed by atoms with E-state index in [1.54, 1.807) is 12.3 Å². The minimum atomic E-state index is -0.429. The average Bonchev–Trinajstić information content (AvgIpc) is 3.33. The molecule has 0 aromatic carbocycles. The van der Waals surface area contributed by atoms with Crippen molar-refractivity contribution in [2.45, 2.75) is 25.7 Å². The molecule has 0 aliphatic heterocycles. The van der Waals surface area contributed by atoms with Crippen molar-refractivity contribution in [3.8, 4) is 5.69 Å². The molecule has 3 heterocycles. The second-order valence-electron chi connectivity index (χ2n) is 5.60. The second kappa shape index (κ2) is 4.62. The molecule has 0 bridgehead atoms. The lowest BCUT2D eigenvalue weighted by Gasteiger charge is -2.12. The summed E-state index contributed by atoms with van der Waals surface area (Å²) in [4.78, 5) is 25.3. The molecule has 0 atom stereocenters. The first-order valence-electron chi connectivity index (χ1n) is 7.26. The van der Waals surface area contributed by atoms with Gasteiger partial charge in [0.2, 0.25) is 0 Å². The lowest BCUT2D eigenvalue weighted by Crippen LogP contribution is -2.25. The van der Waals surface area contributed by atoms with Gasteiger partial charge in [0.15, 0.2) is 5.65 Å². The van der Waals surface area contributed by atoms with Crippen LogP contribution < -0.4 is 11.4 Å². The smallest absolute Gasteiger partial charge is 0.355 e. The van der Waals surface area contributed by atoms with E-state index in [9.17, 15) is 4.79 Å². The number of nitrogen functional groups attached to an aromatic ring is 1. The largest absolute Gasteiger partial charge is 0.383 e. The second-order valence-corrected chi connectivity index (χ2v) is 5.60. The van der Waals surface area contributed by atoms with Crippen molar-refractivity contribution >= 4 is 16.9 Å². The Morgan fingerprint density at radius 2 is 2.05 bits per heavy atom. The molecule has 6 heteroatoms. The Labute approximate surface area is 126 Å². The Hall–Kier alpha value is -2.76. The highest BCUT2D eigenvalue weighted by molar-refractivity contribution is 5.86. The molecule has 0 amide bonds. The van der Waals surface area contributed by atoms with Gasteiger partial charge in [0, 0.05) is 17.8 Å². The lowest BCUT2D eigenvalue weighted by molar-refractivity contribution is 0.910. The van der Waals surface area contributed by atoms with E-state index < -0.39 is 5.69 Å². The monoisotopic (exact) mass is 293 g/mol. The number of nitrogens with two attached hydrogens (primary N) is 1. The van der Waals surface area contributed by atoms with Gasteiger partial charge >= 0.3 is 5.69 Å². The Kier molecular flexibility index (Phi) is 2.72. The average molecular weight is 293 g/mol. The molecule has 0 radical (unpaired) electrons. The van der Waals surface area contributed by atoms with Crippen LogP contribution in [0.25, 0.3) is 16.7 Å². The van der Waals surface area contributed by atoms with Gasteiger partial charge in [0.25, 0.3) is 0 Å². The molecule has 0 saturated heterocycles. The Balaban J connectivity index is 2.10. The van der Waals surface area contributed by atoms with Gasteiger partial charge in [-0.25, -0.2) is 14.3 Å². The van der Waals surface area contributed by atoms with Crippen molar-refractivity contribution in [2.75, 3.05) is 5.73 Å². The minimum Gasteiger partial charge on any atom is -0.383 e. The van der Waals surface area contributed by atoms with Crippen LogP contribution in [0.5, 0.6) is 0 Å². The number of rotatable bonds is 2. The summed E-state index contributed by atoms with van der Waals surface area (Å²) in [7, 11) is 0. The zero-order valence-corrected chi connectivity index (χ0v) is 12.2. The number of hydrogen-bond donors (Lipinski definition) is 1. The fourth-order valence-electron chi connectivity index (χ4n) is 2.67. The maximum absolute atomic E-state index is 12.4. The zero-order valence-electron chi connectivity index (χ0n) is 12.2. The van der Waals surface area contributed by atoms with Gasteiger partial charge in [-0.1, -0.05) is 0 Å². The van der Waals surface area contributed by atoms with E-state index in [2.05, 4.69) is 9.97 Å². The molecule has 6 nitrogen and oxygen atoms in total. The van der Waals surface area contributed by atoms with E-state index in [4.69, 9.17) is 10.7 Å². The molecule has 1 saturated carbocycles. The summed E-state index contributed by atoms with van der Waals surface area (Å²) in [6, 6.07) is 7.51. The van der Waals surface area contributed by atoms with Crippen molar-refractivity contribution in [2.24, 2.45) is 0 Å². The maximum atomic E-state index is 12.4. The molecular formula is C16H15N5O. The zero-order chi connectivity index (χ0) is 15.3. The molecule has 110 valence electrons. The number of pyridine rings is 2. The summed E-state index contributed by atoms with van der Waals surface area (Å²) in [5, 5.41) is 0.687. The van der Waals surface area contributed by atoms with E-state index in [1.165, 1.54) is 4.57 Å². The molecule has 1 aliphatic carbocycles. The Bertz CT molecular complexity index is 943. The highest BCUT2D eigenvalue weighted by atomic mass is 16.1. The van der Waals surface area contributed by atoms with Gasteiger partial charge in [0.1, 0.15) is 5.82 Å². The number of aryl methyl sites for hydroxylation is 1. The Morgan fingerprint density at radius 3 is 2.77 bits per heavy atom. The van der Waals surface area contributed by atoms with Gasteiger partial charge in [-0.3, -0.25) is 4.98 Å². The van der Waals surface area contributed by atoms with Crippen molar-refractivity contribution in [1.29, 1.82) is 0 Å². The first-order chi connectivity index (χ1) is 10.6. The van der Waals surface area contributed by atoms with Crippen LogP contribution in [0.4, 0.5) is 5.82 Å². The van der Waals surface area contributed by atoms with Crippen LogP contribution in [0.1, 0.15) is 30.1 Å². The Morgan fingerprint density at radius 1 is 1.23 bits per heavy atom. The molecule has 3 aromatic heterocycles. The van der Waals surface area contributed by atoms with Crippen LogP contribution >= 0.6 is 0 Å². The molecule has 1 fully saturated rings. The van der Waals surface area contributed by atoms with Crippen LogP contribution in [0.15, 0.2) is 35.3 Å². The van der Waals surface area contributed by atoms with E-state index >= 15 is 0 Å². The molecule has 4 rings (SSSR count).